The molecule has 0 aromatic heterocycles. The fourth-order valence-corrected chi connectivity index (χ4v) is 2.02. The smallest absolute Gasteiger partial charge is 0.313 e. The van der Waals surface area contributed by atoms with Gasteiger partial charge in [0.25, 0.3) is 0 Å². The van der Waals surface area contributed by atoms with Crippen molar-refractivity contribution in [2.45, 2.75) is 64.9 Å². The van der Waals surface area contributed by atoms with Crippen LogP contribution in [-0.2, 0) is 9.09 Å². The normalized spacial score (nSPS) is 21.3. The fraction of sp³-hybridized carbons (Fsp3) is 1.00. The number of unbranched alkanes of at least 4 members (excludes halogenated alkanes) is 1. The van der Waals surface area contributed by atoms with Crippen LogP contribution < -0.4 is 5.50 Å². The molecule has 0 bridgehead atoms. The van der Waals surface area contributed by atoms with Gasteiger partial charge in [-0.05, 0) is 12.8 Å². The van der Waals surface area contributed by atoms with Gasteiger partial charge in [0.2, 0.25) is 0 Å². The van der Waals surface area contributed by atoms with Crippen LogP contribution in [0.15, 0.2) is 0 Å². The topological polar surface area (TPSA) is 72.6 Å². The molecule has 0 radical (unpaired) electrons. The van der Waals surface area contributed by atoms with E-state index in [2.05, 4.69) is 13.8 Å². The molecule has 15 heavy (non-hydrogen) atoms. The van der Waals surface area contributed by atoms with Crippen LogP contribution in [0.4, 0.5) is 0 Å². The lowest BCUT2D eigenvalue weighted by atomic mass is 9.98. The highest BCUT2D eigenvalue weighted by Gasteiger charge is 2.21. The second kappa shape index (κ2) is 8.28. The van der Waals surface area contributed by atoms with Gasteiger partial charge in [0, 0.05) is 0 Å². The molecule has 0 aliphatic heterocycles. The summed E-state index contributed by atoms with van der Waals surface area (Å²) in [5, 5.41) is 0. The zero-order valence-electron chi connectivity index (χ0n) is 9.82. The molecule has 1 atom stereocenters. The van der Waals surface area contributed by atoms with E-state index in [4.69, 9.17) is 14.9 Å². The first kappa shape index (κ1) is 15.1. The largest absolute Gasteiger partial charge is 0.400 e. The zero-order valence-corrected chi connectivity index (χ0v) is 10.7. The molecule has 1 fully saturated rings. The molecule has 0 amide bonds. The summed E-state index contributed by atoms with van der Waals surface area (Å²) in [5.41, 5.74) is 4.86. The number of nitrogens with two attached hydrogens (primary N) is 1. The Balaban J connectivity index is 0.000000423. The molecule has 1 unspecified atom stereocenters. The van der Waals surface area contributed by atoms with Crippen molar-refractivity contribution in [2.24, 2.45) is 5.50 Å². The number of rotatable bonds is 3. The first-order valence-corrected chi connectivity index (χ1v) is 7.44. The molecule has 3 N–H and O–H groups in total. The van der Waals surface area contributed by atoms with Gasteiger partial charge >= 0.3 is 7.75 Å². The van der Waals surface area contributed by atoms with E-state index in [1.807, 2.05) is 0 Å². The van der Waals surface area contributed by atoms with Gasteiger partial charge in [-0.1, -0.05) is 46.0 Å². The summed E-state index contributed by atoms with van der Waals surface area (Å²) in [6.07, 6.45) is 7.61. The summed E-state index contributed by atoms with van der Waals surface area (Å²) in [7, 11) is -3.73. The van der Waals surface area contributed by atoms with Gasteiger partial charge in [0.1, 0.15) is 0 Å². The van der Waals surface area contributed by atoms with Gasteiger partial charge in [-0.2, -0.15) is 0 Å². The van der Waals surface area contributed by atoms with Crippen LogP contribution in [0.2, 0.25) is 0 Å². The third-order valence-electron chi connectivity index (χ3n) is 2.35. The average Bonchev–Trinajstić information content (AvgIpc) is 2.17. The van der Waals surface area contributed by atoms with Gasteiger partial charge in [-0.3, -0.25) is 4.52 Å². The minimum Gasteiger partial charge on any atom is -0.313 e. The van der Waals surface area contributed by atoms with E-state index >= 15 is 0 Å². The lowest BCUT2D eigenvalue weighted by molar-refractivity contribution is 0.135. The maximum absolute atomic E-state index is 10.6. The predicted molar refractivity (Wildman–Crippen MR) is 62.6 cm³/mol. The SMILES string of the molecule is CCCC.NP(=O)(O)OC1CCCCC1. The zero-order chi connectivity index (χ0) is 11.7. The average molecular weight is 237 g/mol. The summed E-state index contributed by atoms with van der Waals surface area (Å²) in [5.74, 6) is 0. The Labute approximate surface area is 92.8 Å². The molecule has 1 saturated carbocycles. The molecule has 0 saturated heterocycles. The highest BCUT2D eigenvalue weighted by atomic mass is 31.2. The quantitative estimate of drug-likeness (QED) is 0.739. The van der Waals surface area contributed by atoms with Crippen LogP contribution >= 0.6 is 7.75 Å². The molecule has 92 valence electrons. The van der Waals surface area contributed by atoms with E-state index in [9.17, 15) is 4.57 Å². The Kier molecular flexibility index (Phi) is 8.34. The van der Waals surface area contributed by atoms with Crippen molar-refractivity contribution in [3.05, 3.63) is 0 Å². The molecule has 5 heteroatoms. The Morgan fingerprint density at radius 2 is 1.73 bits per heavy atom. The monoisotopic (exact) mass is 237 g/mol. The lowest BCUT2D eigenvalue weighted by Gasteiger charge is -2.22. The van der Waals surface area contributed by atoms with Crippen molar-refractivity contribution in [1.82, 2.24) is 0 Å². The molecule has 1 rings (SSSR count). The second-order valence-corrected chi connectivity index (χ2v) is 5.27. The van der Waals surface area contributed by atoms with Crippen LogP contribution in [0, 0.1) is 0 Å². The molecule has 1 aliphatic carbocycles. The van der Waals surface area contributed by atoms with Crippen molar-refractivity contribution < 1.29 is 14.0 Å². The standard InChI is InChI=1S/C6H14NO3P.C4H10/c7-11(8,9)10-6-4-2-1-3-5-6;1-3-4-2/h6H,1-5H2,(H3,7,8,9);3-4H2,1-2H3. The minimum absolute atomic E-state index is 0.0930. The van der Waals surface area contributed by atoms with E-state index in [1.165, 1.54) is 19.3 Å². The maximum Gasteiger partial charge on any atom is 0.400 e. The Bertz CT molecular complexity index is 185. The minimum atomic E-state index is -3.73. The van der Waals surface area contributed by atoms with E-state index in [0.717, 1.165) is 25.7 Å². The maximum atomic E-state index is 10.6. The van der Waals surface area contributed by atoms with Crippen molar-refractivity contribution in [2.75, 3.05) is 0 Å². The van der Waals surface area contributed by atoms with Crippen molar-refractivity contribution in [1.29, 1.82) is 0 Å². The van der Waals surface area contributed by atoms with Gasteiger partial charge in [-0.25, -0.2) is 10.1 Å². The molecule has 1 aliphatic rings. The van der Waals surface area contributed by atoms with Crippen LogP contribution in [-0.4, -0.2) is 11.0 Å². The highest BCUT2D eigenvalue weighted by molar-refractivity contribution is 7.50. The summed E-state index contributed by atoms with van der Waals surface area (Å²) in [6, 6.07) is 0. The summed E-state index contributed by atoms with van der Waals surface area (Å²) < 4.78 is 15.4. The van der Waals surface area contributed by atoms with Crippen LogP contribution in [0.1, 0.15) is 58.8 Å². The fourth-order valence-electron chi connectivity index (χ4n) is 1.38. The molecule has 0 aromatic carbocycles. The first-order valence-electron chi connectivity index (χ1n) is 5.79. The van der Waals surface area contributed by atoms with Crippen molar-refractivity contribution in [3.8, 4) is 0 Å². The molecular weight excluding hydrogens is 213 g/mol. The van der Waals surface area contributed by atoms with E-state index in [1.54, 1.807) is 0 Å². The summed E-state index contributed by atoms with van der Waals surface area (Å²) in [4.78, 5) is 8.68. The molecule has 0 aromatic rings. The van der Waals surface area contributed by atoms with Crippen LogP contribution in [0.25, 0.3) is 0 Å². The third-order valence-corrected chi connectivity index (χ3v) is 2.95. The third kappa shape index (κ3) is 10.4. The van der Waals surface area contributed by atoms with Crippen molar-refractivity contribution >= 4 is 7.75 Å². The Hall–Kier alpha value is 0.110. The van der Waals surface area contributed by atoms with Crippen molar-refractivity contribution in [3.63, 3.8) is 0 Å². The molecule has 0 spiro atoms. The molecule has 4 nitrogen and oxygen atoms in total. The first-order chi connectivity index (χ1) is 6.99. The highest BCUT2D eigenvalue weighted by Crippen LogP contribution is 2.37. The number of hydrogen-bond donors (Lipinski definition) is 2. The molecule has 0 heterocycles. The predicted octanol–water partition coefficient (Wildman–Crippen LogP) is 3.20. The van der Waals surface area contributed by atoms with Gasteiger partial charge in [-0.15, -0.1) is 0 Å². The van der Waals surface area contributed by atoms with Gasteiger partial charge < -0.3 is 4.89 Å². The van der Waals surface area contributed by atoms with E-state index < -0.39 is 7.75 Å². The Morgan fingerprint density at radius 1 is 1.27 bits per heavy atom. The summed E-state index contributed by atoms with van der Waals surface area (Å²) >= 11 is 0. The van der Waals surface area contributed by atoms with E-state index in [-0.39, 0.29) is 6.10 Å². The molecular formula is C10H24NO3P. The van der Waals surface area contributed by atoms with Gasteiger partial charge in [0.05, 0.1) is 6.10 Å². The lowest BCUT2D eigenvalue weighted by Crippen LogP contribution is -2.17. The van der Waals surface area contributed by atoms with Crippen LogP contribution in [0.5, 0.6) is 0 Å². The Morgan fingerprint density at radius 3 is 2.07 bits per heavy atom. The summed E-state index contributed by atoms with van der Waals surface area (Å²) in [6.45, 7) is 4.36. The van der Waals surface area contributed by atoms with Crippen LogP contribution in [0.3, 0.4) is 0 Å². The second-order valence-electron chi connectivity index (χ2n) is 3.93. The van der Waals surface area contributed by atoms with E-state index in [0.29, 0.717) is 0 Å². The van der Waals surface area contributed by atoms with Gasteiger partial charge in [0.15, 0.2) is 0 Å². The number of hydrogen-bond acceptors (Lipinski definition) is 2.